The highest BCUT2D eigenvalue weighted by Gasteiger charge is 2.44. The molecular formula is C16H20F3NO2. The molecule has 1 aliphatic carbocycles. The molecule has 122 valence electrons. The SMILES string of the molecule is COC(=O)CC(C)NCC1(c2ccc(C(F)(F)F)cc2)CC1. The first-order valence-corrected chi connectivity index (χ1v) is 7.25. The van der Waals surface area contributed by atoms with Gasteiger partial charge in [-0.2, -0.15) is 13.2 Å². The number of rotatable bonds is 6. The number of ether oxygens (including phenoxy) is 1. The number of carbonyl (C=O) groups excluding carboxylic acids is 1. The van der Waals surface area contributed by atoms with E-state index in [0.717, 1.165) is 30.5 Å². The van der Waals surface area contributed by atoms with Crippen LogP contribution in [0.1, 0.15) is 37.3 Å². The third-order valence-corrected chi connectivity index (χ3v) is 4.17. The van der Waals surface area contributed by atoms with Gasteiger partial charge in [-0.05, 0) is 37.5 Å². The van der Waals surface area contributed by atoms with Gasteiger partial charge in [0.05, 0.1) is 19.1 Å². The summed E-state index contributed by atoms with van der Waals surface area (Å²) in [7, 11) is 1.35. The van der Waals surface area contributed by atoms with Crippen molar-refractivity contribution in [3.63, 3.8) is 0 Å². The number of benzene rings is 1. The lowest BCUT2D eigenvalue weighted by atomic mass is 9.94. The Bertz CT molecular complexity index is 521. The first kappa shape index (κ1) is 16.8. The zero-order valence-corrected chi connectivity index (χ0v) is 12.7. The van der Waals surface area contributed by atoms with E-state index in [9.17, 15) is 18.0 Å². The third kappa shape index (κ3) is 4.00. The molecule has 0 radical (unpaired) electrons. The van der Waals surface area contributed by atoms with Gasteiger partial charge in [0.1, 0.15) is 0 Å². The number of hydrogen-bond acceptors (Lipinski definition) is 3. The summed E-state index contributed by atoms with van der Waals surface area (Å²) in [5.41, 5.74) is 0.187. The molecule has 0 spiro atoms. The van der Waals surface area contributed by atoms with E-state index in [-0.39, 0.29) is 23.8 Å². The molecule has 0 aromatic heterocycles. The molecule has 3 nitrogen and oxygen atoms in total. The lowest BCUT2D eigenvalue weighted by Crippen LogP contribution is -2.35. The number of nitrogens with one attached hydrogen (secondary N) is 1. The van der Waals surface area contributed by atoms with Crippen LogP contribution in [0.3, 0.4) is 0 Å². The Balaban J connectivity index is 1.95. The van der Waals surface area contributed by atoms with Crippen LogP contribution in [0.5, 0.6) is 0 Å². The van der Waals surface area contributed by atoms with Gasteiger partial charge in [-0.15, -0.1) is 0 Å². The van der Waals surface area contributed by atoms with Crippen molar-refractivity contribution in [1.29, 1.82) is 0 Å². The Labute approximate surface area is 127 Å². The van der Waals surface area contributed by atoms with Crippen molar-refractivity contribution in [1.82, 2.24) is 5.32 Å². The van der Waals surface area contributed by atoms with Gasteiger partial charge in [0.15, 0.2) is 0 Å². The molecule has 0 aliphatic heterocycles. The van der Waals surface area contributed by atoms with Crippen LogP contribution in [-0.2, 0) is 21.1 Å². The average Bonchev–Trinajstić information content (AvgIpc) is 3.25. The summed E-state index contributed by atoms with van der Waals surface area (Å²) in [6.45, 7) is 2.54. The average molecular weight is 315 g/mol. The van der Waals surface area contributed by atoms with Crippen LogP contribution < -0.4 is 5.32 Å². The van der Waals surface area contributed by atoms with Crippen LogP contribution in [-0.4, -0.2) is 25.7 Å². The Morgan fingerprint density at radius 1 is 1.32 bits per heavy atom. The van der Waals surface area contributed by atoms with E-state index < -0.39 is 11.7 Å². The molecule has 1 atom stereocenters. The zero-order valence-electron chi connectivity index (χ0n) is 12.7. The monoisotopic (exact) mass is 315 g/mol. The van der Waals surface area contributed by atoms with Gasteiger partial charge >= 0.3 is 12.1 Å². The molecule has 0 saturated heterocycles. The minimum Gasteiger partial charge on any atom is -0.469 e. The van der Waals surface area contributed by atoms with Crippen molar-refractivity contribution in [2.45, 2.75) is 43.8 Å². The van der Waals surface area contributed by atoms with Crippen LogP contribution in [0.25, 0.3) is 0 Å². The predicted molar refractivity (Wildman–Crippen MR) is 76.5 cm³/mol. The molecule has 1 fully saturated rings. The molecule has 1 aromatic rings. The quantitative estimate of drug-likeness (QED) is 0.819. The fourth-order valence-electron chi connectivity index (χ4n) is 2.51. The van der Waals surface area contributed by atoms with E-state index in [1.807, 2.05) is 6.92 Å². The first-order chi connectivity index (χ1) is 10.3. The molecular weight excluding hydrogens is 295 g/mol. The van der Waals surface area contributed by atoms with Crippen molar-refractivity contribution in [2.75, 3.05) is 13.7 Å². The number of methoxy groups -OCH3 is 1. The van der Waals surface area contributed by atoms with Gasteiger partial charge in [-0.1, -0.05) is 12.1 Å². The summed E-state index contributed by atoms with van der Waals surface area (Å²) in [5.74, 6) is -0.278. The highest BCUT2D eigenvalue weighted by atomic mass is 19.4. The van der Waals surface area contributed by atoms with Gasteiger partial charge in [-0.3, -0.25) is 4.79 Å². The Kier molecular flexibility index (Phi) is 4.80. The maximum atomic E-state index is 12.6. The second kappa shape index (κ2) is 6.28. The van der Waals surface area contributed by atoms with Gasteiger partial charge in [-0.25, -0.2) is 0 Å². The van der Waals surface area contributed by atoms with E-state index in [1.54, 1.807) is 12.1 Å². The van der Waals surface area contributed by atoms with Gasteiger partial charge < -0.3 is 10.1 Å². The molecule has 6 heteroatoms. The number of halogens is 3. The van der Waals surface area contributed by atoms with Gasteiger partial charge in [0.25, 0.3) is 0 Å². The van der Waals surface area contributed by atoms with Crippen LogP contribution in [0.15, 0.2) is 24.3 Å². The minimum atomic E-state index is -4.30. The normalized spacial score (nSPS) is 17.9. The summed E-state index contributed by atoms with van der Waals surface area (Å²) < 4.78 is 42.4. The molecule has 1 N–H and O–H groups in total. The summed E-state index contributed by atoms with van der Waals surface area (Å²) in [4.78, 5) is 11.2. The number of hydrogen-bond donors (Lipinski definition) is 1. The highest BCUT2D eigenvalue weighted by molar-refractivity contribution is 5.69. The highest BCUT2D eigenvalue weighted by Crippen LogP contribution is 2.48. The maximum absolute atomic E-state index is 12.6. The molecule has 1 saturated carbocycles. The molecule has 0 amide bonds. The van der Waals surface area contributed by atoms with E-state index in [0.29, 0.717) is 6.54 Å². The number of carbonyl (C=O) groups is 1. The van der Waals surface area contributed by atoms with E-state index >= 15 is 0 Å². The predicted octanol–water partition coefficient (Wildman–Crippen LogP) is 3.28. The van der Waals surface area contributed by atoms with Crippen molar-refractivity contribution >= 4 is 5.97 Å². The Morgan fingerprint density at radius 3 is 2.36 bits per heavy atom. The van der Waals surface area contributed by atoms with Gasteiger partial charge in [0, 0.05) is 18.0 Å². The van der Waals surface area contributed by atoms with Crippen molar-refractivity contribution in [2.24, 2.45) is 0 Å². The number of alkyl halides is 3. The third-order valence-electron chi connectivity index (χ3n) is 4.17. The second-order valence-electron chi connectivity index (χ2n) is 5.92. The van der Waals surface area contributed by atoms with E-state index in [4.69, 9.17) is 0 Å². The van der Waals surface area contributed by atoms with Crippen LogP contribution in [0.4, 0.5) is 13.2 Å². The van der Waals surface area contributed by atoms with Crippen molar-refractivity contribution in [3.8, 4) is 0 Å². The second-order valence-corrected chi connectivity index (χ2v) is 5.92. The van der Waals surface area contributed by atoms with Gasteiger partial charge in [0.2, 0.25) is 0 Å². The molecule has 1 unspecified atom stereocenters. The lowest BCUT2D eigenvalue weighted by Gasteiger charge is -2.20. The Morgan fingerprint density at radius 2 is 1.91 bits per heavy atom. The standard InChI is InChI=1S/C16H20F3NO2/c1-11(9-14(21)22-2)20-10-15(7-8-15)12-3-5-13(6-4-12)16(17,18)19/h3-6,11,20H,7-10H2,1-2H3. The molecule has 1 aromatic carbocycles. The van der Waals surface area contributed by atoms with Crippen molar-refractivity contribution in [3.05, 3.63) is 35.4 Å². The molecule has 0 bridgehead atoms. The molecule has 22 heavy (non-hydrogen) atoms. The smallest absolute Gasteiger partial charge is 0.416 e. The van der Waals surface area contributed by atoms with Crippen molar-refractivity contribution < 1.29 is 22.7 Å². The number of esters is 1. The summed E-state index contributed by atoms with van der Waals surface area (Å²) in [6.07, 6.45) is -2.14. The Hall–Kier alpha value is -1.56. The zero-order chi connectivity index (χ0) is 16.4. The largest absolute Gasteiger partial charge is 0.469 e. The van der Waals surface area contributed by atoms with E-state index in [1.165, 1.54) is 7.11 Å². The minimum absolute atomic E-state index is 0.0284. The summed E-state index contributed by atoms with van der Waals surface area (Å²) >= 11 is 0. The van der Waals surface area contributed by atoms with Crippen LogP contribution in [0, 0.1) is 0 Å². The van der Waals surface area contributed by atoms with E-state index in [2.05, 4.69) is 10.1 Å². The summed E-state index contributed by atoms with van der Waals surface area (Å²) in [5, 5.41) is 3.27. The lowest BCUT2D eigenvalue weighted by molar-refractivity contribution is -0.141. The fourth-order valence-corrected chi connectivity index (χ4v) is 2.51. The summed E-state index contributed by atoms with van der Waals surface area (Å²) in [6, 6.07) is 5.35. The van der Waals surface area contributed by atoms with Crippen LogP contribution in [0.2, 0.25) is 0 Å². The fraction of sp³-hybridized carbons (Fsp3) is 0.562. The topological polar surface area (TPSA) is 38.3 Å². The molecule has 1 aliphatic rings. The molecule has 2 rings (SSSR count). The first-order valence-electron chi connectivity index (χ1n) is 7.25. The molecule has 0 heterocycles. The maximum Gasteiger partial charge on any atom is 0.416 e. The van der Waals surface area contributed by atoms with Crippen LogP contribution >= 0.6 is 0 Å².